The van der Waals surface area contributed by atoms with Crippen LogP contribution >= 0.6 is 0 Å². The van der Waals surface area contributed by atoms with Gasteiger partial charge in [0.05, 0.1) is 0 Å². The van der Waals surface area contributed by atoms with Crippen LogP contribution in [0.3, 0.4) is 0 Å². The van der Waals surface area contributed by atoms with Crippen LogP contribution in [0.25, 0.3) is 0 Å². The summed E-state index contributed by atoms with van der Waals surface area (Å²) in [5.74, 6) is -4.39. The summed E-state index contributed by atoms with van der Waals surface area (Å²) in [6, 6.07) is 0.655. The van der Waals surface area contributed by atoms with Gasteiger partial charge in [-0.25, -0.2) is 26.3 Å². The molecule has 0 saturated carbocycles. The third-order valence-corrected chi connectivity index (χ3v) is 3.71. The van der Waals surface area contributed by atoms with E-state index in [1.165, 1.54) is 0 Å². The van der Waals surface area contributed by atoms with Gasteiger partial charge in [0.25, 0.3) is 0 Å². The number of sulfonamides is 1. The zero-order valence-corrected chi connectivity index (χ0v) is 11.0. The van der Waals surface area contributed by atoms with Crippen molar-refractivity contribution in [3.05, 3.63) is 29.1 Å². The van der Waals surface area contributed by atoms with Gasteiger partial charge in [0, 0.05) is 6.54 Å². The molecule has 1 N–H and O–H groups in total. The molecule has 0 unspecified atom stereocenters. The smallest absolute Gasteiger partial charge is 0.211 e. The van der Waals surface area contributed by atoms with Crippen LogP contribution in [0.1, 0.15) is 19.4 Å². The van der Waals surface area contributed by atoms with Gasteiger partial charge in [0.2, 0.25) is 10.0 Å². The fraction of sp³-hybridized carbons (Fsp3) is 0.455. The first-order chi connectivity index (χ1) is 8.16. The van der Waals surface area contributed by atoms with Gasteiger partial charge in [-0.05, 0) is 24.5 Å². The molecular formula is C11H14F3NO2S. The molecule has 0 radical (unpaired) electrons. The zero-order chi connectivity index (χ0) is 14.1. The average molecular weight is 281 g/mol. The largest absolute Gasteiger partial charge is 0.246 e. The topological polar surface area (TPSA) is 46.2 Å². The van der Waals surface area contributed by atoms with E-state index in [9.17, 15) is 21.6 Å². The number of aryl methyl sites for hydroxylation is 1. The molecule has 1 rings (SSSR count). The second-order valence-electron chi connectivity index (χ2n) is 4.38. The van der Waals surface area contributed by atoms with Crippen LogP contribution in [-0.4, -0.2) is 15.0 Å². The standard InChI is InChI=1S/C11H14F3NO2S/c1-6(2)5-15-18(16,17)11-8(12)4-7(3)9(13)10(11)14/h4,6,15H,5H2,1-3H3. The van der Waals surface area contributed by atoms with Gasteiger partial charge in [-0.3, -0.25) is 0 Å². The number of hydrogen-bond donors (Lipinski definition) is 1. The van der Waals surface area contributed by atoms with Crippen molar-refractivity contribution < 1.29 is 21.6 Å². The molecule has 0 saturated heterocycles. The minimum Gasteiger partial charge on any atom is -0.211 e. The van der Waals surface area contributed by atoms with Crippen molar-refractivity contribution in [1.82, 2.24) is 4.72 Å². The normalized spacial score (nSPS) is 12.2. The lowest BCUT2D eigenvalue weighted by Gasteiger charge is -2.11. The molecule has 0 atom stereocenters. The van der Waals surface area contributed by atoms with E-state index in [0.717, 1.165) is 6.92 Å². The second kappa shape index (κ2) is 5.27. The zero-order valence-electron chi connectivity index (χ0n) is 10.2. The van der Waals surface area contributed by atoms with Crippen LogP contribution in [-0.2, 0) is 10.0 Å². The van der Waals surface area contributed by atoms with Gasteiger partial charge in [0.1, 0.15) is 5.82 Å². The van der Waals surface area contributed by atoms with Crippen LogP contribution in [0.4, 0.5) is 13.2 Å². The summed E-state index contributed by atoms with van der Waals surface area (Å²) >= 11 is 0. The second-order valence-corrected chi connectivity index (χ2v) is 6.08. The van der Waals surface area contributed by atoms with Crippen LogP contribution < -0.4 is 4.72 Å². The number of nitrogens with one attached hydrogen (secondary N) is 1. The first kappa shape index (κ1) is 15.0. The number of hydrogen-bond acceptors (Lipinski definition) is 2. The Hall–Kier alpha value is -1.08. The van der Waals surface area contributed by atoms with Crippen molar-refractivity contribution in [2.45, 2.75) is 25.7 Å². The molecule has 1 aromatic carbocycles. The number of halogens is 3. The van der Waals surface area contributed by atoms with E-state index in [0.29, 0.717) is 6.07 Å². The predicted octanol–water partition coefficient (Wildman–Crippen LogP) is 2.35. The van der Waals surface area contributed by atoms with Crippen molar-refractivity contribution in [1.29, 1.82) is 0 Å². The molecule has 0 fully saturated rings. The SMILES string of the molecule is Cc1cc(F)c(S(=O)(=O)NCC(C)C)c(F)c1F. The average Bonchev–Trinajstić information content (AvgIpc) is 2.23. The van der Waals surface area contributed by atoms with Crippen LogP contribution in [0.5, 0.6) is 0 Å². The molecule has 0 heterocycles. The van der Waals surface area contributed by atoms with Gasteiger partial charge in [-0.2, -0.15) is 0 Å². The van der Waals surface area contributed by atoms with E-state index in [-0.39, 0.29) is 18.0 Å². The Balaban J connectivity index is 3.29. The Morgan fingerprint density at radius 3 is 2.28 bits per heavy atom. The van der Waals surface area contributed by atoms with Crippen molar-refractivity contribution in [2.75, 3.05) is 6.54 Å². The van der Waals surface area contributed by atoms with Crippen molar-refractivity contribution >= 4 is 10.0 Å². The Kier molecular flexibility index (Phi) is 4.39. The third kappa shape index (κ3) is 3.02. The van der Waals surface area contributed by atoms with E-state index in [1.54, 1.807) is 13.8 Å². The van der Waals surface area contributed by atoms with Crippen molar-refractivity contribution in [3.63, 3.8) is 0 Å². The first-order valence-corrected chi connectivity index (χ1v) is 6.79. The highest BCUT2D eigenvalue weighted by Crippen LogP contribution is 2.23. The lowest BCUT2D eigenvalue weighted by molar-refractivity contribution is 0.451. The third-order valence-electron chi connectivity index (χ3n) is 2.25. The van der Waals surface area contributed by atoms with Crippen molar-refractivity contribution in [2.24, 2.45) is 5.92 Å². The maximum atomic E-state index is 13.5. The van der Waals surface area contributed by atoms with E-state index in [4.69, 9.17) is 0 Å². The molecule has 7 heteroatoms. The Morgan fingerprint density at radius 1 is 1.22 bits per heavy atom. The number of rotatable bonds is 4. The molecule has 0 bridgehead atoms. The molecular weight excluding hydrogens is 267 g/mol. The number of benzene rings is 1. The summed E-state index contributed by atoms with van der Waals surface area (Å²) in [6.45, 7) is 4.62. The molecule has 0 spiro atoms. The summed E-state index contributed by atoms with van der Waals surface area (Å²) < 4.78 is 65.7. The highest BCUT2D eigenvalue weighted by molar-refractivity contribution is 7.89. The molecule has 0 aliphatic carbocycles. The summed E-state index contributed by atoms with van der Waals surface area (Å²) in [7, 11) is -4.40. The predicted molar refractivity (Wildman–Crippen MR) is 61.1 cm³/mol. The minimum atomic E-state index is -4.40. The molecule has 0 aromatic heterocycles. The van der Waals surface area contributed by atoms with Gasteiger partial charge in [-0.15, -0.1) is 0 Å². The van der Waals surface area contributed by atoms with E-state index >= 15 is 0 Å². The Bertz CT molecular complexity index is 556. The monoisotopic (exact) mass is 281 g/mol. The fourth-order valence-electron chi connectivity index (χ4n) is 1.29. The quantitative estimate of drug-likeness (QED) is 0.861. The van der Waals surface area contributed by atoms with Crippen LogP contribution in [0, 0.1) is 30.3 Å². The highest BCUT2D eigenvalue weighted by Gasteiger charge is 2.27. The maximum absolute atomic E-state index is 13.5. The lowest BCUT2D eigenvalue weighted by Crippen LogP contribution is -2.29. The summed E-state index contributed by atoms with van der Waals surface area (Å²) in [5, 5.41) is 0. The molecule has 18 heavy (non-hydrogen) atoms. The first-order valence-electron chi connectivity index (χ1n) is 5.30. The molecule has 0 aliphatic rings. The van der Waals surface area contributed by atoms with Gasteiger partial charge in [0.15, 0.2) is 16.5 Å². The van der Waals surface area contributed by atoms with Crippen LogP contribution in [0.15, 0.2) is 11.0 Å². The van der Waals surface area contributed by atoms with Gasteiger partial charge in [-0.1, -0.05) is 13.8 Å². The highest BCUT2D eigenvalue weighted by atomic mass is 32.2. The molecule has 1 aromatic rings. The van der Waals surface area contributed by atoms with E-state index < -0.39 is 32.4 Å². The van der Waals surface area contributed by atoms with E-state index in [1.807, 2.05) is 4.72 Å². The van der Waals surface area contributed by atoms with Crippen molar-refractivity contribution in [3.8, 4) is 0 Å². The van der Waals surface area contributed by atoms with E-state index in [2.05, 4.69) is 0 Å². The molecule has 3 nitrogen and oxygen atoms in total. The minimum absolute atomic E-state index is 0.0106. The summed E-state index contributed by atoms with van der Waals surface area (Å²) in [4.78, 5) is -1.27. The van der Waals surface area contributed by atoms with Gasteiger partial charge >= 0.3 is 0 Å². The maximum Gasteiger partial charge on any atom is 0.246 e. The summed E-state index contributed by atoms with van der Waals surface area (Å²) in [6.07, 6.45) is 0. The molecule has 0 aliphatic heterocycles. The summed E-state index contributed by atoms with van der Waals surface area (Å²) in [5.41, 5.74) is -0.284. The van der Waals surface area contributed by atoms with Crippen LogP contribution in [0.2, 0.25) is 0 Å². The Morgan fingerprint density at radius 2 is 1.78 bits per heavy atom. The molecule has 102 valence electrons. The fourth-order valence-corrected chi connectivity index (χ4v) is 2.63. The molecule has 0 amide bonds. The van der Waals surface area contributed by atoms with Gasteiger partial charge < -0.3 is 0 Å². The lowest BCUT2D eigenvalue weighted by atomic mass is 10.2. The Labute approximate surface area is 104 Å².